The van der Waals surface area contributed by atoms with Crippen molar-refractivity contribution in [3.8, 4) is 0 Å². The Balaban J connectivity index is 2.01. The summed E-state index contributed by atoms with van der Waals surface area (Å²) in [6.45, 7) is 3.26. The van der Waals surface area contributed by atoms with E-state index in [9.17, 15) is 4.79 Å². The molecular weight excluding hydrogens is 240 g/mol. The average Bonchev–Trinajstić information content (AvgIpc) is 2.71. The summed E-state index contributed by atoms with van der Waals surface area (Å²) in [4.78, 5) is 13.5. The molecule has 1 aromatic heterocycles. The summed E-state index contributed by atoms with van der Waals surface area (Å²) in [5.74, 6) is 0.153. The van der Waals surface area contributed by atoms with E-state index < -0.39 is 0 Å². The van der Waals surface area contributed by atoms with E-state index in [4.69, 9.17) is 11.6 Å². The van der Waals surface area contributed by atoms with Gasteiger partial charge < -0.3 is 10.2 Å². The number of aryl methyl sites for hydroxylation is 2. The van der Waals surface area contributed by atoms with Crippen molar-refractivity contribution < 1.29 is 4.79 Å². The number of likely N-dealkylation sites (tertiary alicyclic amines) is 1. The molecule has 1 unspecified atom stereocenters. The molecule has 0 aromatic carbocycles. The van der Waals surface area contributed by atoms with Gasteiger partial charge in [0.15, 0.2) is 0 Å². The van der Waals surface area contributed by atoms with Crippen LogP contribution in [0.2, 0.25) is 5.02 Å². The first kappa shape index (κ1) is 12.4. The van der Waals surface area contributed by atoms with Crippen LogP contribution < -0.4 is 5.32 Å². The molecule has 1 aromatic rings. The third kappa shape index (κ3) is 2.30. The molecule has 1 saturated heterocycles. The Morgan fingerprint density at radius 1 is 1.53 bits per heavy atom. The number of amides is 1. The Bertz CT molecular complexity index is 443. The highest BCUT2D eigenvalue weighted by molar-refractivity contribution is 6.31. The molecular formula is C11H17ClN4O. The van der Waals surface area contributed by atoms with Gasteiger partial charge in [0.2, 0.25) is 5.91 Å². The van der Waals surface area contributed by atoms with E-state index in [1.807, 2.05) is 21.0 Å². The van der Waals surface area contributed by atoms with Gasteiger partial charge >= 0.3 is 0 Å². The number of carbonyl (C=O) groups is 1. The van der Waals surface area contributed by atoms with E-state index in [1.165, 1.54) is 0 Å². The quantitative estimate of drug-likeness (QED) is 0.866. The van der Waals surface area contributed by atoms with Crippen molar-refractivity contribution in [3.05, 3.63) is 16.4 Å². The molecule has 1 aliphatic heterocycles. The minimum Gasteiger partial charge on any atom is -0.344 e. The van der Waals surface area contributed by atoms with Crippen molar-refractivity contribution in [2.75, 3.05) is 13.6 Å². The third-order valence-corrected chi connectivity index (χ3v) is 3.70. The van der Waals surface area contributed by atoms with Gasteiger partial charge in [0.05, 0.1) is 22.5 Å². The van der Waals surface area contributed by atoms with E-state index in [0.29, 0.717) is 11.6 Å². The maximum absolute atomic E-state index is 11.7. The van der Waals surface area contributed by atoms with Crippen LogP contribution in [0.3, 0.4) is 0 Å². The summed E-state index contributed by atoms with van der Waals surface area (Å²) >= 11 is 6.15. The van der Waals surface area contributed by atoms with Gasteiger partial charge in [0.25, 0.3) is 0 Å². The van der Waals surface area contributed by atoms with Crippen LogP contribution in [0.15, 0.2) is 0 Å². The van der Waals surface area contributed by atoms with Gasteiger partial charge in [-0.3, -0.25) is 9.48 Å². The minimum absolute atomic E-state index is 0.0914. The van der Waals surface area contributed by atoms with E-state index >= 15 is 0 Å². The Morgan fingerprint density at radius 3 is 2.71 bits per heavy atom. The standard InChI is InChI=1S/C11H17ClN4O/c1-7-10(12)9(16(3)14-7)6-13-8-4-5-15(2)11(8)17/h8,13H,4-6H2,1-3H3. The average molecular weight is 257 g/mol. The lowest BCUT2D eigenvalue weighted by Gasteiger charge is -2.12. The smallest absolute Gasteiger partial charge is 0.239 e. The zero-order chi connectivity index (χ0) is 12.6. The number of nitrogens with zero attached hydrogens (tertiary/aromatic N) is 3. The highest BCUT2D eigenvalue weighted by Crippen LogP contribution is 2.19. The van der Waals surface area contributed by atoms with Gasteiger partial charge in [-0.1, -0.05) is 11.6 Å². The van der Waals surface area contributed by atoms with Crippen molar-refractivity contribution >= 4 is 17.5 Å². The third-order valence-electron chi connectivity index (χ3n) is 3.21. The van der Waals surface area contributed by atoms with Crippen LogP contribution in [0.25, 0.3) is 0 Å². The second-order valence-corrected chi connectivity index (χ2v) is 4.83. The molecule has 2 heterocycles. The van der Waals surface area contributed by atoms with Crippen molar-refractivity contribution in [1.82, 2.24) is 20.0 Å². The van der Waals surface area contributed by atoms with Gasteiger partial charge in [0, 0.05) is 27.2 Å². The Hall–Kier alpha value is -1.07. The maximum Gasteiger partial charge on any atom is 0.239 e. The van der Waals surface area contributed by atoms with Gasteiger partial charge in [-0.2, -0.15) is 5.10 Å². The molecule has 1 amide bonds. The Kier molecular flexibility index (Phi) is 3.40. The van der Waals surface area contributed by atoms with Crippen molar-refractivity contribution in [3.63, 3.8) is 0 Å². The van der Waals surface area contributed by atoms with Crippen LogP contribution in [0.4, 0.5) is 0 Å². The van der Waals surface area contributed by atoms with Gasteiger partial charge in [0.1, 0.15) is 0 Å². The van der Waals surface area contributed by atoms with E-state index in [0.717, 1.165) is 24.4 Å². The number of halogens is 1. The summed E-state index contributed by atoms with van der Waals surface area (Å²) in [5.41, 5.74) is 1.74. The molecule has 1 N–H and O–H groups in total. The fourth-order valence-corrected chi connectivity index (χ4v) is 2.33. The van der Waals surface area contributed by atoms with E-state index in [-0.39, 0.29) is 11.9 Å². The largest absolute Gasteiger partial charge is 0.344 e. The zero-order valence-corrected chi connectivity index (χ0v) is 11.1. The molecule has 6 heteroatoms. The molecule has 0 spiro atoms. The lowest BCUT2D eigenvalue weighted by Crippen LogP contribution is -2.36. The van der Waals surface area contributed by atoms with Crippen molar-refractivity contribution in [2.24, 2.45) is 7.05 Å². The number of rotatable bonds is 3. The number of hydrogen-bond acceptors (Lipinski definition) is 3. The SMILES string of the molecule is Cc1nn(C)c(CNC2CCN(C)C2=O)c1Cl. The number of hydrogen-bond donors (Lipinski definition) is 1. The summed E-state index contributed by atoms with van der Waals surface area (Å²) < 4.78 is 1.76. The fraction of sp³-hybridized carbons (Fsp3) is 0.636. The molecule has 0 bridgehead atoms. The first-order valence-corrected chi connectivity index (χ1v) is 6.05. The van der Waals surface area contributed by atoms with Crippen LogP contribution >= 0.6 is 11.6 Å². The van der Waals surface area contributed by atoms with Crippen molar-refractivity contribution in [1.29, 1.82) is 0 Å². The number of nitrogens with one attached hydrogen (secondary N) is 1. The van der Waals surface area contributed by atoms with Gasteiger partial charge in [-0.05, 0) is 13.3 Å². The first-order valence-electron chi connectivity index (χ1n) is 5.67. The fourth-order valence-electron chi connectivity index (χ4n) is 2.10. The highest BCUT2D eigenvalue weighted by Gasteiger charge is 2.28. The zero-order valence-electron chi connectivity index (χ0n) is 10.3. The molecule has 1 fully saturated rings. The minimum atomic E-state index is -0.0914. The molecule has 17 heavy (non-hydrogen) atoms. The van der Waals surface area contributed by atoms with Crippen LogP contribution in [0, 0.1) is 6.92 Å². The predicted molar refractivity (Wildman–Crippen MR) is 65.8 cm³/mol. The van der Waals surface area contributed by atoms with E-state index in [2.05, 4.69) is 10.4 Å². The summed E-state index contributed by atoms with van der Waals surface area (Å²) in [5, 5.41) is 8.16. The van der Waals surface area contributed by atoms with Gasteiger partial charge in [-0.15, -0.1) is 0 Å². The van der Waals surface area contributed by atoms with Crippen LogP contribution in [-0.2, 0) is 18.4 Å². The molecule has 2 rings (SSSR count). The number of aromatic nitrogens is 2. The van der Waals surface area contributed by atoms with Crippen molar-refractivity contribution in [2.45, 2.75) is 25.9 Å². The second kappa shape index (κ2) is 4.66. The normalized spacial score (nSPS) is 20.4. The molecule has 1 atom stereocenters. The van der Waals surface area contributed by atoms with Gasteiger partial charge in [-0.25, -0.2) is 0 Å². The first-order chi connectivity index (χ1) is 8.00. The number of likely N-dealkylation sites (N-methyl/N-ethyl adjacent to an activating group) is 1. The summed E-state index contributed by atoms with van der Waals surface area (Å²) in [7, 11) is 3.68. The highest BCUT2D eigenvalue weighted by atomic mass is 35.5. The maximum atomic E-state index is 11.7. The Labute approximate surface area is 106 Å². The second-order valence-electron chi connectivity index (χ2n) is 4.45. The van der Waals surface area contributed by atoms with Crippen LogP contribution in [0.1, 0.15) is 17.8 Å². The lowest BCUT2D eigenvalue weighted by molar-refractivity contribution is -0.128. The topological polar surface area (TPSA) is 50.2 Å². The monoisotopic (exact) mass is 256 g/mol. The van der Waals surface area contributed by atoms with Crippen LogP contribution in [0.5, 0.6) is 0 Å². The summed E-state index contributed by atoms with van der Waals surface area (Å²) in [6.07, 6.45) is 0.851. The van der Waals surface area contributed by atoms with Crippen LogP contribution in [-0.4, -0.2) is 40.2 Å². The number of carbonyl (C=O) groups excluding carboxylic acids is 1. The predicted octanol–water partition coefficient (Wildman–Crippen LogP) is 0.702. The Morgan fingerprint density at radius 2 is 2.24 bits per heavy atom. The molecule has 0 saturated carbocycles. The molecule has 5 nitrogen and oxygen atoms in total. The molecule has 0 radical (unpaired) electrons. The molecule has 0 aliphatic carbocycles. The lowest BCUT2D eigenvalue weighted by atomic mass is 10.2. The molecule has 1 aliphatic rings. The summed E-state index contributed by atoms with van der Waals surface area (Å²) in [6, 6.07) is -0.0914. The van der Waals surface area contributed by atoms with E-state index in [1.54, 1.807) is 9.58 Å². The molecule has 94 valence electrons.